The molecule has 51 valence electrons. The van der Waals surface area contributed by atoms with Crippen molar-refractivity contribution < 1.29 is 4.39 Å². The molecule has 0 unspecified atom stereocenters. The van der Waals surface area contributed by atoms with Gasteiger partial charge in [0.05, 0.1) is 0 Å². The SMILES string of the molecule is Fc1cc(C[Si])ccc1I. The zero-order chi connectivity index (χ0) is 7.56. The van der Waals surface area contributed by atoms with Gasteiger partial charge in [-0.05, 0) is 46.3 Å². The van der Waals surface area contributed by atoms with E-state index in [9.17, 15) is 4.39 Å². The van der Waals surface area contributed by atoms with Crippen LogP contribution in [0.25, 0.3) is 0 Å². The quantitative estimate of drug-likeness (QED) is 0.537. The fraction of sp³-hybridized carbons (Fsp3) is 0.143. The van der Waals surface area contributed by atoms with Crippen LogP contribution in [-0.2, 0) is 6.04 Å². The summed E-state index contributed by atoms with van der Waals surface area (Å²) in [6.45, 7) is 0. The van der Waals surface area contributed by atoms with Gasteiger partial charge in [-0.3, -0.25) is 0 Å². The summed E-state index contributed by atoms with van der Waals surface area (Å²) >= 11 is 1.97. The third-order valence-electron chi connectivity index (χ3n) is 1.19. The van der Waals surface area contributed by atoms with E-state index in [0.29, 0.717) is 9.61 Å². The van der Waals surface area contributed by atoms with Crippen molar-refractivity contribution >= 4 is 32.8 Å². The molecular weight excluding hydrogens is 258 g/mol. The minimum atomic E-state index is -0.142. The predicted molar refractivity (Wildman–Crippen MR) is 48.6 cm³/mol. The van der Waals surface area contributed by atoms with E-state index in [1.165, 1.54) is 6.07 Å². The third kappa shape index (κ3) is 1.79. The Kier molecular flexibility index (Phi) is 2.85. The van der Waals surface area contributed by atoms with Crippen LogP contribution in [0.2, 0.25) is 0 Å². The summed E-state index contributed by atoms with van der Waals surface area (Å²) in [7, 11) is 3.29. The highest BCUT2D eigenvalue weighted by molar-refractivity contribution is 14.1. The van der Waals surface area contributed by atoms with Gasteiger partial charge in [0, 0.05) is 13.8 Å². The summed E-state index contributed by atoms with van der Waals surface area (Å²) < 4.78 is 13.4. The van der Waals surface area contributed by atoms with Gasteiger partial charge in [-0.2, -0.15) is 0 Å². The second kappa shape index (κ2) is 3.48. The molecule has 3 radical (unpaired) electrons. The Hall–Kier alpha value is 0.0969. The summed E-state index contributed by atoms with van der Waals surface area (Å²) in [5.41, 5.74) is 0.967. The Bertz CT molecular complexity index is 237. The van der Waals surface area contributed by atoms with Crippen LogP contribution in [0.4, 0.5) is 4.39 Å². The summed E-state index contributed by atoms with van der Waals surface area (Å²) in [6, 6.07) is 5.91. The maximum Gasteiger partial charge on any atom is 0.136 e. The minimum absolute atomic E-state index is 0.142. The lowest BCUT2D eigenvalue weighted by molar-refractivity contribution is 0.619. The molecule has 0 heterocycles. The predicted octanol–water partition coefficient (Wildman–Crippen LogP) is 2.10. The molecule has 10 heavy (non-hydrogen) atoms. The van der Waals surface area contributed by atoms with Crippen LogP contribution in [0.3, 0.4) is 0 Å². The lowest BCUT2D eigenvalue weighted by Gasteiger charge is -1.96. The second-order valence-electron chi connectivity index (χ2n) is 1.93. The molecule has 0 spiro atoms. The number of benzene rings is 1. The van der Waals surface area contributed by atoms with Gasteiger partial charge in [-0.15, -0.1) is 0 Å². The van der Waals surface area contributed by atoms with Gasteiger partial charge < -0.3 is 0 Å². The van der Waals surface area contributed by atoms with Crippen molar-refractivity contribution in [2.24, 2.45) is 0 Å². The standard InChI is InChI=1S/C7H5FISi/c8-6-3-5(4-10)1-2-7(6)9/h1-3H,4H2. The Labute approximate surface area is 76.4 Å². The van der Waals surface area contributed by atoms with E-state index in [2.05, 4.69) is 10.2 Å². The Morgan fingerprint density at radius 2 is 2.20 bits per heavy atom. The summed E-state index contributed by atoms with van der Waals surface area (Å²) in [4.78, 5) is 0. The molecule has 0 amide bonds. The first-order chi connectivity index (χ1) is 4.74. The highest BCUT2D eigenvalue weighted by Gasteiger charge is 1.97. The van der Waals surface area contributed by atoms with Gasteiger partial charge in [-0.1, -0.05) is 6.07 Å². The molecule has 0 bridgehead atoms. The fourth-order valence-corrected chi connectivity index (χ4v) is 1.21. The van der Waals surface area contributed by atoms with Gasteiger partial charge in [0.2, 0.25) is 0 Å². The second-order valence-corrected chi connectivity index (χ2v) is 3.44. The number of hydrogen-bond donors (Lipinski definition) is 0. The number of rotatable bonds is 1. The molecule has 1 aromatic rings. The van der Waals surface area contributed by atoms with Crippen molar-refractivity contribution in [2.75, 3.05) is 0 Å². The maximum absolute atomic E-state index is 12.7. The van der Waals surface area contributed by atoms with Crippen LogP contribution < -0.4 is 0 Å². The van der Waals surface area contributed by atoms with Crippen LogP contribution in [0.15, 0.2) is 18.2 Å². The molecular formula is C7H5FISi. The normalized spacial score (nSPS) is 9.90. The summed E-state index contributed by atoms with van der Waals surface area (Å²) in [5, 5.41) is 0. The number of hydrogen-bond acceptors (Lipinski definition) is 0. The first-order valence-electron chi connectivity index (χ1n) is 2.82. The Balaban J connectivity index is 3.04. The first-order valence-corrected chi connectivity index (χ1v) is 4.61. The molecule has 0 nitrogen and oxygen atoms in total. The molecule has 1 aromatic carbocycles. The van der Waals surface area contributed by atoms with Crippen LogP contribution >= 0.6 is 22.6 Å². The molecule has 0 saturated heterocycles. The van der Waals surface area contributed by atoms with Crippen molar-refractivity contribution in [3.8, 4) is 0 Å². The molecule has 0 atom stereocenters. The molecule has 0 N–H and O–H groups in total. The van der Waals surface area contributed by atoms with Crippen LogP contribution in [0.1, 0.15) is 5.56 Å². The highest BCUT2D eigenvalue weighted by Crippen LogP contribution is 2.11. The lowest BCUT2D eigenvalue weighted by atomic mass is 10.2. The minimum Gasteiger partial charge on any atom is -0.206 e. The molecule has 0 aliphatic heterocycles. The van der Waals surface area contributed by atoms with E-state index in [4.69, 9.17) is 0 Å². The Morgan fingerprint density at radius 3 is 2.70 bits per heavy atom. The van der Waals surface area contributed by atoms with Crippen molar-refractivity contribution in [1.82, 2.24) is 0 Å². The van der Waals surface area contributed by atoms with Crippen molar-refractivity contribution in [3.05, 3.63) is 33.1 Å². The fourth-order valence-electron chi connectivity index (χ4n) is 0.650. The third-order valence-corrected chi connectivity index (χ3v) is 2.47. The maximum atomic E-state index is 12.7. The van der Waals surface area contributed by atoms with Gasteiger partial charge in [0.1, 0.15) is 5.82 Å². The Morgan fingerprint density at radius 1 is 1.50 bits per heavy atom. The van der Waals surface area contributed by atoms with E-state index < -0.39 is 0 Å². The monoisotopic (exact) mass is 263 g/mol. The van der Waals surface area contributed by atoms with E-state index in [1.54, 1.807) is 6.07 Å². The molecule has 0 aromatic heterocycles. The van der Waals surface area contributed by atoms with Crippen LogP contribution in [-0.4, -0.2) is 10.2 Å². The average molecular weight is 263 g/mol. The summed E-state index contributed by atoms with van der Waals surface area (Å²) in [6.07, 6.45) is 0. The topological polar surface area (TPSA) is 0 Å². The lowest BCUT2D eigenvalue weighted by Crippen LogP contribution is -1.87. The molecule has 0 saturated carbocycles. The highest BCUT2D eigenvalue weighted by atomic mass is 127. The van der Waals surface area contributed by atoms with E-state index in [-0.39, 0.29) is 5.82 Å². The van der Waals surface area contributed by atoms with Crippen LogP contribution in [0.5, 0.6) is 0 Å². The largest absolute Gasteiger partial charge is 0.206 e. The van der Waals surface area contributed by atoms with Gasteiger partial charge >= 0.3 is 0 Å². The smallest absolute Gasteiger partial charge is 0.136 e. The van der Waals surface area contributed by atoms with E-state index >= 15 is 0 Å². The van der Waals surface area contributed by atoms with Gasteiger partial charge in [0.15, 0.2) is 0 Å². The molecule has 0 aliphatic rings. The van der Waals surface area contributed by atoms with Gasteiger partial charge in [0.25, 0.3) is 0 Å². The average Bonchev–Trinajstić information content (AvgIpc) is 1.95. The molecule has 1 rings (SSSR count). The van der Waals surface area contributed by atoms with E-state index in [1.807, 2.05) is 28.7 Å². The van der Waals surface area contributed by atoms with E-state index in [0.717, 1.165) is 5.56 Å². The zero-order valence-electron chi connectivity index (χ0n) is 5.20. The molecule has 0 fully saturated rings. The van der Waals surface area contributed by atoms with Gasteiger partial charge in [-0.25, -0.2) is 4.39 Å². The van der Waals surface area contributed by atoms with Crippen molar-refractivity contribution in [1.29, 1.82) is 0 Å². The van der Waals surface area contributed by atoms with Crippen molar-refractivity contribution in [2.45, 2.75) is 6.04 Å². The first kappa shape index (κ1) is 8.20. The zero-order valence-corrected chi connectivity index (χ0v) is 8.35. The summed E-state index contributed by atoms with van der Waals surface area (Å²) in [5.74, 6) is -0.142. The van der Waals surface area contributed by atoms with Crippen molar-refractivity contribution in [3.63, 3.8) is 0 Å². The molecule has 0 aliphatic carbocycles. The molecule has 3 heteroatoms. The van der Waals surface area contributed by atoms with Crippen LogP contribution in [0, 0.1) is 9.39 Å². The number of halogens is 2.